The third kappa shape index (κ3) is 5.34. The number of benzene rings is 1. The monoisotopic (exact) mass is 265 g/mol. The maximum atomic E-state index is 9.45. The molecule has 18 heavy (non-hydrogen) atoms. The van der Waals surface area contributed by atoms with Gasteiger partial charge < -0.3 is 10.4 Å². The highest BCUT2D eigenvalue weighted by Crippen LogP contribution is 2.04. The highest BCUT2D eigenvalue weighted by Gasteiger charge is 2.15. The summed E-state index contributed by atoms with van der Waals surface area (Å²) in [7, 11) is -1.17. The summed E-state index contributed by atoms with van der Waals surface area (Å²) in [5.41, 5.74) is 1.32. The fourth-order valence-electron chi connectivity index (χ4n) is 1.83. The van der Waals surface area contributed by atoms with Crippen molar-refractivity contribution in [1.29, 1.82) is 0 Å². The number of aliphatic hydroxyl groups excluding tert-OH is 1. The second-order valence-corrected chi connectivity index (χ2v) is 11.1. The Balaban J connectivity index is 2.36. The molecule has 0 aliphatic carbocycles. The van der Waals surface area contributed by atoms with Crippen molar-refractivity contribution in [1.82, 2.24) is 5.32 Å². The molecule has 0 aromatic heterocycles. The molecule has 1 aromatic rings. The van der Waals surface area contributed by atoms with Crippen LogP contribution in [-0.2, 0) is 6.54 Å². The first-order chi connectivity index (χ1) is 8.43. The third-order valence-electron chi connectivity index (χ3n) is 3.27. The Morgan fingerprint density at radius 2 is 1.78 bits per heavy atom. The normalized spacial score (nSPS) is 13.6. The Labute approximate surface area is 112 Å². The van der Waals surface area contributed by atoms with Crippen molar-refractivity contribution in [2.24, 2.45) is 0 Å². The van der Waals surface area contributed by atoms with Crippen LogP contribution in [0.25, 0.3) is 0 Å². The van der Waals surface area contributed by atoms with Gasteiger partial charge in [0.15, 0.2) is 0 Å². The van der Waals surface area contributed by atoms with Gasteiger partial charge in [-0.2, -0.15) is 0 Å². The van der Waals surface area contributed by atoms with Gasteiger partial charge in [0.05, 0.1) is 14.2 Å². The fourth-order valence-corrected chi connectivity index (χ4v) is 2.99. The number of hydrogen-bond donors (Lipinski definition) is 2. The van der Waals surface area contributed by atoms with E-state index in [1.807, 2.05) is 6.92 Å². The zero-order chi connectivity index (χ0) is 13.6. The van der Waals surface area contributed by atoms with Crippen molar-refractivity contribution in [3.63, 3.8) is 0 Å². The molecule has 0 saturated heterocycles. The second kappa shape index (κ2) is 7.07. The summed E-state index contributed by atoms with van der Waals surface area (Å²) in [4.78, 5) is 0. The second-order valence-electron chi connectivity index (χ2n) is 5.97. The molecule has 0 saturated carbocycles. The van der Waals surface area contributed by atoms with Crippen LogP contribution < -0.4 is 10.5 Å². The van der Waals surface area contributed by atoms with Gasteiger partial charge in [0, 0.05) is 6.54 Å². The van der Waals surface area contributed by atoms with Crippen LogP contribution in [0.1, 0.15) is 25.3 Å². The maximum absolute atomic E-state index is 9.45. The van der Waals surface area contributed by atoms with E-state index in [1.165, 1.54) is 10.8 Å². The van der Waals surface area contributed by atoms with Crippen LogP contribution in [0.5, 0.6) is 0 Å². The lowest BCUT2D eigenvalue weighted by molar-refractivity contribution is 0.159. The van der Waals surface area contributed by atoms with Gasteiger partial charge >= 0.3 is 0 Å². The molecule has 0 aliphatic heterocycles. The summed E-state index contributed by atoms with van der Waals surface area (Å²) in [6.07, 6.45) is 1.52. The number of hydrogen-bond acceptors (Lipinski definition) is 2. The zero-order valence-electron chi connectivity index (χ0n) is 12.2. The minimum atomic E-state index is -1.17. The lowest BCUT2D eigenvalue weighted by Gasteiger charge is -2.17. The Morgan fingerprint density at radius 3 is 2.28 bits per heavy atom. The van der Waals surface area contributed by atoms with Gasteiger partial charge in [-0.1, -0.05) is 56.0 Å². The number of aliphatic hydroxyl groups is 1. The molecular formula is C15H27NOSi. The molecule has 1 unspecified atom stereocenters. The molecule has 1 rings (SSSR count). The van der Waals surface area contributed by atoms with E-state index >= 15 is 0 Å². The first-order valence-corrected chi connectivity index (χ1v) is 10.4. The van der Waals surface area contributed by atoms with Gasteiger partial charge in [-0.15, -0.1) is 0 Å². The summed E-state index contributed by atoms with van der Waals surface area (Å²) in [6, 6.07) is 8.97. The van der Waals surface area contributed by atoms with Crippen molar-refractivity contribution in [3.8, 4) is 0 Å². The van der Waals surface area contributed by atoms with E-state index in [4.69, 9.17) is 0 Å². The van der Waals surface area contributed by atoms with Gasteiger partial charge in [-0.25, -0.2) is 0 Å². The highest BCUT2D eigenvalue weighted by molar-refractivity contribution is 6.88. The number of rotatable bonds is 7. The zero-order valence-corrected chi connectivity index (χ0v) is 13.2. The van der Waals surface area contributed by atoms with Crippen LogP contribution in [-0.4, -0.2) is 25.8 Å². The Bertz CT molecular complexity index is 343. The average molecular weight is 265 g/mol. The molecule has 2 N–H and O–H groups in total. The Morgan fingerprint density at radius 1 is 1.17 bits per heavy atom. The van der Waals surface area contributed by atoms with Crippen molar-refractivity contribution in [3.05, 3.63) is 29.8 Å². The quantitative estimate of drug-likeness (QED) is 0.586. The van der Waals surface area contributed by atoms with Crippen LogP contribution in [0.3, 0.4) is 0 Å². The molecule has 1 atom stereocenters. The standard InChI is InChI=1S/C15H27NOSi/c1-5-14(17)10-11-16-12-13-6-8-15(9-7-13)18(2,3)4/h6-9,14,16-17H,5,10-12H2,1-4H3. The van der Waals surface area contributed by atoms with E-state index in [1.54, 1.807) is 0 Å². The summed E-state index contributed by atoms with van der Waals surface area (Å²) in [5, 5.41) is 14.3. The maximum Gasteiger partial charge on any atom is 0.0775 e. The minimum absolute atomic E-state index is 0.160. The lowest BCUT2D eigenvalue weighted by atomic mass is 10.2. The van der Waals surface area contributed by atoms with E-state index in [0.29, 0.717) is 0 Å². The lowest BCUT2D eigenvalue weighted by Crippen LogP contribution is -2.37. The predicted octanol–water partition coefficient (Wildman–Crippen LogP) is 2.48. The first kappa shape index (κ1) is 15.4. The van der Waals surface area contributed by atoms with E-state index < -0.39 is 8.07 Å². The van der Waals surface area contributed by atoms with Gasteiger partial charge in [0.2, 0.25) is 0 Å². The van der Waals surface area contributed by atoms with Crippen LogP contribution in [0, 0.1) is 0 Å². The van der Waals surface area contributed by atoms with Crippen molar-refractivity contribution in [2.75, 3.05) is 6.54 Å². The van der Waals surface area contributed by atoms with Crippen molar-refractivity contribution >= 4 is 13.3 Å². The highest BCUT2D eigenvalue weighted by atomic mass is 28.3. The molecule has 0 spiro atoms. The van der Waals surface area contributed by atoms with E-state index in [9.17, 15) is 5.11 Å². The largest absolute Gasteiger partial charge is 0.393 e. The minimum Gasteiger partial charge on any atom is -0.393 e. The summed E-state index contributed by atoms with van der Waals surface area (Å²) in [5.74, 6) is 0. The third-order valence-corrected chi connectivity index (χ3v) is 5.34. The number of nitrogens with one attached hydrogen (secondary N) is 1. The van der Waals surface area contributed by atoms with E-state index in [2.05, 4.69) is 49.2 Å². The topological polar surface area (TPSA) is 32.3 Å². The van der Waals surface area contributed by atoms with Gasteiger partial charge in [-0.05, 0) is 24.9 Å². The molecule has 102 valence electrons. The van der Waals surface area contributed by atoms with E-state index in [-0.39, 0.29) is 6.10 Å². The average Bonchev–Trinajstić information content (AvgIpc) is 2.33. The molecular weight excluding hydrogens is 238 g/mol. The SMILES string of the molecule is CCC(O)CCNCc1ccc([Si](C)(C)C)cc1. The molecule has 2 nitrogen and oxygen atoms in total. The van der Waals surface area contributed by atoms with Crippen LogP contribution in [0.15, 0.2) is 24.3 Å². The molecule has 0 fully saturated rings. The summed E-state index contributed by atoms with van der Waals surface area (Å²) in [6.45, 7) is 10.9. The van der Waals surface area contributed by atoms with Crippen LogP contribution in [0.2, 0.25) is 19.6 Å². The summed E-state index contributed by atoms with van der Waals surface area (Å²) < 4.78 is 0. The smallest absolute Gasteiger partial charge is 0.0775 e. The molecule has 0 heterocycles. The van der Waals surface area contributed by atoms with Crippen molar-refractivity contribution < 1.29 is 5.11 Å². The van der Waals surface area contributed by atoms with Gasteiger partial charge in [0.1, 0.15) is 0 Å². The van der Waals surface area contributed by atoms with Crippen LogP contribution in [0.4, 0.5) is 0 Å². The van der Waals surface area contributed by atoms with Gasteiger partial charge in [0.25, 0.3) is 0 Å². The summed E-state index contributed by atoms with van der Waals surface area (Å²) >= 11 is 0. The molecule has 0 radical (unpaired) electrons. The van der Waals surface area contributed by atoms with Gasteiger partial charge in [-0.3, -0.25) is 0 Å². The molecule has 0 amide bonds. The molecule has 0 aliphatic rings. The first-order valence-electron chi connectivity index (χ1n) is 6.91. The Hall–Kier alpha value is -0.643. The fraction of sp³-hybridized carbons (Fsp3) is 0.600. The van der Waals surface area contributed by atoms with Crippen molar-refractivity contribution in [2.45, 2.75) is 52.1 Å². The van der Waals surface area contributed by atoms with Crippen LogP contribution >= 0.6 is 0 Å². The molecule has 0 bridgehead atoms. The molecule has 1 aromatic carbocycles. The Kier molecular flexibility index (Phi) is 6.06. The molecule has 3 heteroatoms. The predicted molar refractivity (Wildman–Crippen MR) is 82.0 cm³/mol. The van der Waals surface area contributed by atoms with E-state index in [0.717, 1.165) is 25.9 Å².